The minimum absolute atomic E-state index is 0.137. The standard InChI is InChI=1S/C11H23N3O/c1-9(2)13-11(15)8-14-6-4-10(7-14)3-5-12/h9-10H,3-8,12H2,1-2H3,(H,13,15). The average molecular weight is 213 g/mol. The van der Waals surface area contributed by atoms with Crippen LogP contribution in [0, 0.1) is 5.92 Å². The van der Waals surface area contributed by atoms with Gasteiger partial charge in [0.2, 0.25) is 5.91 Å². The van der Waals surface area contributed by atoms with Crippen LogP contribution in [0.5, 0.6) is 0 Å². The van der Waals surface area contributed by atoms with Gasteiger partial charge in [-0.15, -0.1) is 0 Å². The maximum Gasteiger partial charge on any atom is 0.234 e. The number of likely N-dealkylation sites (tertiary alicyclic amines) is 1. The van der Waals surface area contributed by atoms with Crippen molar-refractivity contribution in [2.24, 2.45) is 11.7 Å². The lowest BCUT2D eigenvalue weighted by Crippen LogP contribution is -2.39. The number of carbonyl (C=O) groups excluding carboxylic acids is 1. The number of hydrogen-bond donors (Lipinski definition) is 2. The first-order chi connectivity index (χ1) is 7.11. The predicted octanol–water partition coefficient (Wildman–Crippen LogP) is 0.182. The Balaban J connectivity index is 2.20. The van der Waals surface area contributed by atoms with E-state index in [1.54, 1.807) is 0 Å². The monoisotopic (exact) mass is 213 g/mol. The van der Waals surface area contributed by atoms with Crippen LogP contribution in [0.1, 0.15) is 26.7 Å². The van der Waals surface area contributed by atoms with Crippen LogP contribution >= 0.6 is 0 Å². The molecule has 0 aromatic rings. The molecule has 3 N–H and O–H groups in total. The molecule has 1 heterocycles. The summed E-state index contributed by atoms with van der Waals surface area (Å²) in [6.45, 7) is 7.34. The molecule has 0 bridgehead atoms. The molecular weight excluding hydrogens is 190 g/mol. The highest BCUT2D eigenvalue weighted by atomic mass is 16.2. The van der Waals surface area contributed by atoms with Crippen molar-refractivity contribution in [1.82, 2.24) is 10.2 Å². The Bertz CT molecular complexity index is 206. The molecule has 1 saturated heterocycles. The van der Waals surface area contributed by atoms with Gasteiger partial charge in [0.15, 0.2) is 0 Å². The number of carbonyl (C=O) groups is 1. The normalized spacial score (nSPS) is 22.3. The summed E-state index contributed by atoms with van der Waals surface area (Å²) < 4.78 is 0. The van der Waals surface area contributed by atoms with Gasteiger partial charge in [-0.2, -0.15) is 0 Å². The molecule has 1 fully saturated rings. The minimum atomic E-state index is 0.137. The molecule has 0 aromatic carbocycles. The zero-order chi connectivity index (χ0) is 11.3. The van der Waals surface area contributed by atoms with Crippen LogP contribution in [0.25, 0.3) is 0 Å². The van der Waals surface area contributed by atoms with E-state index in [-0.39, 0.29) is 11.9 Å². The van der Waals surface area contributed by atoms with E-state index >= 15 is 0 Å². The van der Waals surface area contributed by atoms with Crippen molar-refractivity contribution in [2.75, 3.05) is 26.2 Å². The van der Waals surface area contributed by atoms with Gasteiger partial charge in [-0.05, 0) is 45.7 Å². The number of hydrogen-bond acceptors (Lipinski definition) is 3. The van der Waals surface area contributed by atoms with Crippen molar-refractivity contribution in [1.29, 1.82) is 0 Å². The fourth-order valence-electron chi connectivity index (χ4n) is 2.10. The maximum absolute atomic E-state index is 11.5. The smallest absolute Gasteiger partial charge is 0.234 e. The molecule has 1 atom stereocenters. The van der Waals surface area contributed by atoms with E-state index in [9.17, 15) is 4.79 Å². The average Bonchev–Trinajstić information content (AvgIpc) is 2.51. The number of nitrogens with one attached hydrogen (secondary N) is 1. The summed E-state index contributed by atoms with van der Waals surface area (Å²) in [5.41, 5.74) is 5.52. The topological polar surface area (TPSA) is 58.4 Å². The second-order valence-electron chi connectivity index (χ2n) is 4.69. The summed E-state index contributed by atoms with van der Waals surface area (Å²) in [6, 6.07) is 0.236. The third-order valence-corrected chi connectivity index (χ3v) is 2.76. The van der Waals surface area contributed by atoms with Crippen LogP contribution in [0.2, 0.25) is 0 Å². The van der Waals surface area contributed by atoms with E-state index in [1.807, 2.05) is 13.8 Å². The molecule has 0 spiro atoms. The summed E-state index contributed by atoms with van der Waals surface area (Å²) in [5.74, 6) is 0.834. The van der Waals surface area contributed by atoms with Crippen molar-refractivity contribution in [3.8, 4) is 0 Å². The Kier molecular flexibility index (Phi) is 5.05. The first-order valence-corrected chi connectivity index (χ1v) is 5.83. The largest absolute Gasteiger partial charge is 0.353 e. The van der Waals surface area contributed by atoms with E-state index in [0.29, 0.717) is 12.5 Å². The maximum atomic E-state index is 11.5. The summed E-state index contributed by atoms with van der Waals surface area (Å²) in [5, 5.41) is 2.91. The Morgan fingerprint density at radius 1 is 1.60 bits per heavy atom. The van der Waals surface area contributed by atoms with E-state index < -0.39 is 0 Å². The third kappa shape index (κ3) is 4.62. The molecule has 1 aliphatic heterocycles. The third-order valence-electron chi connectivity index (χ3n) is 2.76. The van der Waals surface area contributed by atoms with Gasteiger partial charge < -0.3 is 11.1 Å². The summed E-state index contributed by atoms with van der Waals surface area (Å²) in [4.78, 5) is 13.7. The van der Waals surface area contributed by atoms with Crippen molar-refractivity contribution >= 4 is 5.91 Å². The molecule has 88 valence electrons. The number of rotatable bonds is 5. The Morgan fingerprint density at radius 3 is 2.93 bits per heavy atom. The van der Waals surface area contributed by atoms with Crippen molar-refractivity contribution in [2.45, 2.75) is 32.7 Å². The number of nitrogens with two attached hydrogens (primary N) is 1. The predicted molar refractivity (Wildman–Crippen MR) is 61.5 cm³/mol. The Hall–Kier alpha value is -0.610. The highest BCUT2D eigenvalue weighted by Crippen LogP contribution is 2.18. The van der Waals surface area contributed by atoms with Crippen LogP contribution in [0.15, 0.2) is 0 Å². The van der Waals surface area contributed by atoms with Gasteiger partial charge in [0.1, 0.15) is 0 Å². The van der Waals surface area contributed by atoms with Gasteiger partial charge >= 0.3 is 0 Å². The molecule has 0 radical (unpaired) electrons. The summed E-state index contributed by atoms with van der Waals surface area (Å²) in [7, 11) is 0. The Labute approximate surface area is 92.2 Å². The Morgan fingerprint density at radius 2 is 2.33 bits per heavy atom. The van der Waals surface area contributed by atoms with E-state index in [1.165, 1.54) is 6.42 Å². The zero-order valence-corrected chi connectivity index (χ0v) is 9.83. The van der Waals surface area contributed by atoms with Crippen molar-refractivity contribution < 1.29 is 4.79 Å². The quantitative estimate of drug-likeness (QED) is 0.685. The number of amides is 1. The molecule has 4 heteroatoms. The SMILES string of the molecule is CC(C)NC(=O)CN1CCC(CCN)C1. The second-order valence-corrected chi connectivity index (χ2v) is 4.69. The molecule has 1 aliphatic rings. The molecule has 1 rings (SSSR count). The molecule has 1 amide bonds. The van der Waals surface area contributed by atoms with Gasteiger partial charge in [-0.1, -0.05) is 0 Å². The number of nitrogens with zero attached hydrogens (tertiary/aromatic N) is 1. The molecular formula is C11H23N3O. The molecule has 1 unspecified atom stereocenters. The fourth-order valence-corrected chi connectivity index (χ4v) is 2.10. The lowest BCUT2D eigenvalue weighted by molar-refractivity contribution is -0.122. The lowest BCUT2D eigenvalue weighted by Gasteiger charge is -2.16. The second kappa shape index (κ2) is 6.08. The highest BCUT2D eigenvalue weighted by molar-refractivity contribution is 5.78. The van der Waals surface area contributed by atoms with Crippen LogP contribution in [0.4, 0.5) is 0 Å². The fraction of sp³-hybridized carbons (Fsp3) is 0.909. The van der Waals surface area contributed by atoms with Gasteiger partial charge in [0.05, 0.1) is 6.54 Å². The summed E-state index contributed by atoms with van der Waals surface area (Å²) >= 11 is 0. The van der Waals surface area contributed by atoms with Gasteiger partial charge in [-0.3, -0.25) is 9.69 Å². The van der Waals surface area contributed by atoms with Gasteiger partial charge in [0.25, 0.3) is 0 Å². The van der Waals surface area contributed by atoms with Crippen LogP contribution in [-0.4, -0.2) is 43.0 Å². The first kappa shape index (κ1) is 12.5. The van der Waals surface area contributed by atoms with Gasteiger partial charge in [0, 0.05) is 12.6 Å². The van der Waals surface area contributed by atoms with E-state index in [2.05, 4.69) is 10.2 Å². The van der Waals surface area contributed by atoms with Crippen LogP contribution in [0.3, 0.4) is 0 Å². The molecule has 0 saturated carbocycles. The summed E-state index contributed by atoms with van der Waals surface area (Å²) in [6.07, 6.45) is 2.27. The molecule has 0 aromatic heterocycles. The zero-order valence-electron chi connectivity index (χ0n) is 9.83. The first-order valence-electron chi connectivity index (χ1n) is 5.83. The van der Waals surface area contributed by atoms with Gasteiger partial charge in [-0.25, -0.2) is 0 Å². The lowest BCUT2D eigenvalue weighted by atomic mass is 10.1. The molecule has 0 aliphatic carbocycles. The minimum Gasteiger partial charge on any atom is -0.353 e. The van der Waals surface area contributed by atoms with Crippen molar-refractivity contribution in [3.05, 3.63) is 0 Å². The van der Waals surface area contributed by atoms with Crippen LogP contribution < -0.4 is 11.1 Å². The van der Waals surface area contributed by atoms with E-state index in [0.717, 1.165) is 26.1 Å². The highest BCUT2D eigenvalue weighted by Gasteiger charge is 2.23. The van der Waals surface area contributed by atoms with E-state index in [4.69, 9.17) is 5.73 Å². The van der Waals surface area contributed by atoms with Crippen molar-refractivity contribution in [3.63, 3.8) is 0 Å². The van der Waals surface area contributed by atoms with Crippen LogP contribution in [-0.2, 0) is 4.79 Å². The molecule has 15 heavy (non-hydrogen) atoms. The molecule has 4 nitrogen and oxygen atoms in total.